The van der Waals surface area contributed by atoms with Crippen LogP contribution in [0.15, 0.2) is 30.3 Å². The van der Waals surface area contributed by atoms with Crippen molar-refractivity contribution < 1.29 is 9.59 Å². The summed E-state index contributed by atoms with van der Waals surface area (Å²) in [5.41, 5.74) is 6.94. The molecule has 2 N–H and O–H groups in total. The number of rotatable bonds is 4. The minimum absolute atomic E-state index is 0.00563. The molecule has 0 radical (unpaired) electrons. The van der Waals surface area contributed by atoms with Crippen molar-refractivity contribution in [3.8, 4) is 0 Å². The molecule has 6 heteroatoms. The summed E-state index contributed by atoms with van der Waals surface area (Å²) < 4.78 is 0. The van der Waals surface area contributed by atoms with Crippen molar-refractivity contribution in [1.82, 2.24) is 14.7 Å². The van der Waals surface area contributed by atoms with Gasteiger partial charge in [-0.2, -0.15) is 0 Å². The molecule has 6 nitrogen and oxygen atoms in total. The van der Waals surface area contributed by atoms with Crippen molar-refractivity contribution in [1.29, 1.82) is 0 Å². The van der Waals surface area contributed by atoms with Crippen molar-refractivity contribution >= 4 is 11.9 Å². The number of likely N-dealkylation sites (N-methyl/N-ethyl adjacent to an activating group) is 2. The summed E-state index contributed by atoms with van der Waals surface area (Å²) in [7, 11) is 1.57. The van der Waals surface area contributed by atoms with Gasteiger partial charge in [0.25, 0.3) is 0 Å². The van der Waals surface area contributed by atoms with E-state index in [0.717, 1.165) is 45.6 Å². The number of hydrogen-bond acceptors (Lipinski definition) is 3. The molecule has 1 aromatic rings. The molecule has 1 aromatic carbocycles. The van der Waals surface area contributed by atoms with Crippen molar-refractivity contribution in [2.24, 2.45) is 11.1 Å². The van der Waals surface area contributed by atoms with Crippen LogP contribution in [0.4, 0.5) is 4.79 Å². The van der Waals surface area contributed by atoms with E-state index in [1.165, 1.54) is 16.9 Å². The van der Waals surface area contributed by atoms with Crippen molar-refractivity contribution in [3.05, 3.63) is 35.9 Å². The lowest BCUT2D eigenvalue weighted by atomic mass is 9.68. The van der Waals surface area contributed by atoms with Crippen LogP contribution in [-0.4, -0.2) is 73.0 Å². The molecule has 2 saturated heterocycles. The SMILES string of the molecule is CCN1C[C@@H](c2ccccc2)CC2(CCN(C(=O)CN(C)C(N)=O)CC2)C1. The Labute approximate surface area is 162 Å². The Bertz CT molecular complexity index is 655. The van der Waals surface area contributed by atoms with Crippen molar-refractivity contribution in [2.45, 2.75) is 32.1 Å². The van der Waals surface area contributed by atoms with Gasteiger partial charge in [-0.25, -0.2) is 4.79 Å². The molecule has 2 aliphatic rings. The van der Waals surface area contributed by atoms with Crippen LogP contribution in [-0.2, 0) is 4.79 Å². The van der Waals surface area contributed by atoms with E-state index in [1.807, 2.05) is 4.90 Å². The molecule has 0 aliphatic carbocycles. The summed E-state index contributed by atoms with van der Waals surface area (Å²) in [5, 5.41) is 0. The van der Waals surface area contributed by atoms with Gasteiger partial charge >= 0.3 is 6.03 Å². The Morgan fingerprint density at radius 2 is 1.89 bits per heavy atom. The summed E-state index contributed by atoms with van der Waals surface area (Å²) in [6.07, 6.45) is 3.24. The first-order chi connectivity index (χ1) is 12.9. The summed E-state index contributed by atoms with van der Waals surface area (Å²) in [5.74, 6) is 0.553. The Hall–Kier alpha value is -2.08. The van der Waals surface area contributed by atoms with E-state index < -0.39 is 6.03 Å². The molecule has 2 aliphatic heterocycles. The number of primary amides is 1. The van der Waals surface area contributed by atoms with Crippen molar-refractivity contribution in [3.63, 3.8) is 0 Å². The van der Waals surface area contributed by atoms with Gasteiger partial charge in [-0.05, 0) is 42.7 Å². The number of hydrogen-bond donors (Lipinski definition) is 1. The smallest absolute Gasteiger partial charge is 0.314 e. The third-order valence-corrected chi connectivity index (χ3v) is 6.36. The van der Waals surface area contributed by atoms with E-state index in [4.69, 9.17) is 5.73 Å². The summed E-state index contributed by atoms with van der Waals surface area (Å²) in [4.78, 5) is 29.4. The van der Waals surface area contributed by atoms with E-state index in [1.54, 1.807) is 7.05 Å². The molecule has 0 bridgehead atoms. The number of likely N-dealkylation sites (tertiary alicyclic amines) is 2. The third kappa shape index (κ3) is 4.61. The van der Waals surface area contributed by atoms with Crippen LogP contribution < -0.4 is 5.73 Å². The van der Waals surface area contributed by atoms with Crippen LogP contribution in [0.25, 0.3) is 0 Å². The van der Waals surface area contributed by atoms with Gasteiger partial charge < -0.3 is 20.4 Å². The van der Waals surface area contributed by atoms with Crippen LogP contribution in [0.1, 0.15) is 37.7 Å². The monoisotopic (exact) mass is 372 g/mol. The molecule has 1 spiro atoms. The van der Waals surface area contributed by atoms with Crippen LogP contribution in [0.5, 0.6) is 0 Å². The standard InChI is InChI=1S/C21H32N4O2/c1-3-24-14-18(17-7-5-4-6-8-17)13-21(16-24)9-11-25(12-10-21)19(26)15-23(2)20(22)27/h4-8,18H,3,9-16H2,1-2H3,(H2,22,27)/t18-/m0/s1. The van der Waals surface area contributed by atoms with E-state index in [2.05, 4.69) is 42.2 Å². The first-order valence-corrected chi connectivity index (χ1v) is 9.98. The number of carbonyl (C=O) groups is 2. The molecule has 0 aromatic heterocycles. The molecule has 3 rings (SSSR count). The predicted molar refractivity (Wildman–Crippen MR) is 106 cm³/mol. The number of nitrogens with two attached hydrogens (primary N) is 1. The lowest BCUT2D eigenvalue weighted by molar-refractivity contribution is -0.134. The molecule has 148 valence electrons. The minimum atomic E-state index is -0.562. The van der Waals surface area contributed by atoms with Crippen LogP contribution in [0.2, 0.25) is 0 Å². The van der Waals surface area contributed by atoms with Gasteiger partial charge in [0.2, 0.25) is 5.91 Å². The second-order valence-electron chi connectivity index (χ2n) is 8.21. The molecule has 0 unspecified atom stereocenters. The van der Waals surface area contributed by atoms with E-state index in [0.29, 0.717) is 5.92 Å². The third-order valence-electron chi connectivity index (χ3n) is 6.36. The van der Waals surface area contributed by atoms with Gasteiger partial charge in [-0.15, -0.1) is 0 Å². The highest BCUT2D eigenvalue weighted by molar-refractivity contribution is 5.83. The van der Waals surface area contributed by atoms with Crippen LogP contribution >= 0.6 is 0 Å². The first-order valence-electron chi connectivity index (χ1n) is 9.98. The number of benzene rings is 1. The normalized spacial score (nSPS) is 22.6. The van der Waals surface area contributed by atoms with Gasteiger partial charge in [0, 0.05) is 33.2 Å². The molecular weight excluding hydrogens is 340 g/mol. The lowest BCUT2D eigenvalue weighted by Crippen LogP contribution is -2.53. The second-order valence-corrected chi connectivity index (χ2v) is 8.21. The fourth-order valence-electron chi connectivity index (χ4n) is 4.67. The summed E-state index contributed by atoms with van der Waals surface area (Å²) in [6.45, 7) is 7.14. The molecular formula is C21H32N4O2. The zero-order chi connectivity index (χ0) is 19.4. The number of carbonyl (C=O) groups excluding carboxylic acids is 2. The molecule has 27 heavy (non-hydrogen) atoms. The quantitative estimate of drug-likeness (QED) is 0.880. The molecule has 2 heterocycles. The van der Waals surface area contributed by atoms with Gasteiger partial charge in [-0.1, -0.05) is 37.3 Å². The first kappa shape index (κ1) is 19.7. The Balaban J connectivity index is 1.64. The van der Waals surface area contributed by atoms with Crippen LogP contribution in [0, 0.1) is 5.41 Å². The van der Waals surface area contributed by atoms with Gasteiger partial charge in [0.15, 0.2) is 0 Å². The maximum atomic E-state index is 12.5. The average molecular weight is 373 g/mol. The highest BCUT2D eigenvalue weighted by Crippen LogP contribution is 2.45. The number of amides is 3. The Kier molecular flexibility index (Phi) is 6.05. The summed E-state index contributed by atoms with van der Waals surface area (Å²) >= 11 is 0. The largest absolute Gasteiger partial charge is 0.351 e. The van der Waals surface area contributed by atoms with Crippen molar-refractivity contribution in [2.75, 3.05) is 46.3 Å². The second kappa shape index (κ2) is 8.30. The fourth-order valence-corrected chi connectivity index (χ4v) is 4.67. The highest BCUT2D eigenvalue weighted by atomic mass is 16.2. The molecule has 0 saturated carbocycles. The number of nitrogens with zero attached hydrogens (tertiary/aromatic N) is 3. The topological polar surface area (TPSA) is 69.9 Å². The fraction of sp³-hybridized carbons (Fsp3) is 0.619. The lowest BCUT2D eigenvalue weighted by Gasteiger charge is -2.50. The minimum Gasteiger partial charge on any atom is -0.351 e. The van der Waals surface area contributed by atoms with Gasteiger partial charge in [0.05, 0.1) is 0 Å². The highest BCUT2D eigenvalue weighted by Gasteiger charge is 2.42. The predicted octanol–water partition coefficient (Wildman–Crippen LogP) is 2.12. The maximum absolute atomic E-state index is 12.5. The average Bonchev–Trinajstić information content (AvgIpc) is 2.68. The van der Waals surface area contributed by atoms with E-state index >= 15 is 0 Å². The zero-order valence-corrected chi connectivity index (χ0v) is 16.6. The van der Waals surface area contributed by atoms with Gasteiger partial charge in [-0.3, -0.25) is 4.79 Å². The Morgan fingerprint density at radius 1 is 1.22 bits per heavy atom. The van der Waals surface area contributed by atoms with Crippen LogP contribution in [0.3, 0.4) is 0 Å². The Morgan fingerprint density at radius 3 is 2.48 bits per heavy atom. The maximum Gasteiger partial charge on any atom is 0.314 e. The molecule has 3 amide bonds. The summed E-state index contributed by atoms with van der Waals surface area (Å²) in [6, 6.07) is 10.3. The number of urea groups is 1. The molecule has 1 atom stereocenters. The number of piperidine rings is 2. The van der Waals surface area contributed by atoms with Gasteiger partial charge in [0.1, 0.15) is 6.54 Å². The van der Waals surface area contributed by atoms with E-state index in [9.17, 15) is 9.59 Å². The zero-order valence-electron chi connectivity index (χ0n) is 16.6. The van der Waals surface area contributed by atoms with E-state index in [-0.39, 0.29) is 17.9 Å². The molecule has 2 fully saturated rings.